The lowest BCUT2D eigenvalue weighted by molar-refractivity contribution is 0.544. The van der Waals surface area contributed by atoms with Crippen LogP contribution in [0.1, 0.15) is 5.56 Å². The molecule has 0 saturated heterocycles. The molecule has 0 bridgehead atoms. The smallest absolute Gasteiger partial charge is 0.350 e. The summed E-state index contributed by atoms with van der Waals surface area (Å²) < 4.78 is 5.31. The van der Waals surface area contributed by atoms with E-state index in [9.17, 15) is 4.79 Å². The fourth-order valence-corrected chi connectivity index (χ4v) is 2.68. The number of hydrogen-bond acceptors (Lipinski definition) is 3. The van der Waals surface area contributed by atoms with Crippen molar-refractivity contribution in [1.82, 2.24) is 0 Å². The average molecular weight is 268 g/mol. The molecule has 0 unspecified atom stereocenters. The fourth-order valence-electron chi connectivity index (χ4n) is 1.85. The molecule has 0 atom stereocenters. The van der Waals surface area contributed by atoms with Crippen molar-refractivity contribution in [3.63, 3.8) is 0 Å². The first-order valence-electron chi connectivity index (χ1n) is 6.00. The van der Waals surface area contributed by atoms with Gasteiger partial charge in [0.2, 0.25) is 0 Å². The molecule has 1 aromatic heterocycles. The fraction of sp³-hybridized carbons (Fsp3) is 0.0625. The van der Waals surface area contributed by atoms with Crippen molar-refractivity contribution in [3.05, 3.63) is 70.6 Å². The van der Waals surface area contributed by atoms with E-state index in [1.807, 2.05) is 55.5 Å². The molecular formula is C16H12O2S. The van der Waals surface area contributed by atoms with Crippen molar-refractivity contribution in [2.75, 3.05) is 0 Å². The van der Waals surface area contributed by atoms with E-state index in [1.54, 1.807) is 6.07 Å². The number of hydrogen-bond donors (Lipinski definition) is 0. The highest BCUT2D eigenvalue weighted by atomic mass is 32.2. The van der Waals surface area contributed by atoms with Crippen LogP contribution in [0.15, 0.2) is 73.6 Å². The highest BCUT2D eigenvalue weighted by molar-refractivity contribution is 7.99. The van der Waals surface area contributed by atoms with Crippen LogP contribution in [-0.4, -0.2) is 0 Å². The van der Waals surface area contributed by atoms with Crippen LogP contribution in [0.5, 0.6) is 0 Å². The quantitative estimate of drug-likeness (QED) is 0.651. The summed E-state index contributed by atoms with van der Waals surface area (Å²) >= 11 is 1.43. The second-order valence-corrected chi connectivity index (χ2v) is 5.47. The zero-order valence-corrected chi connectivity index (χ0v) is 11.2. The van der Waals surface area contributed by atoms with Gasteiger partial charge in [-0.05, 0) is 31.2 Å². The molecule has 3 heteroatoms. The molecule has 94 valence electrons. The van der Waals surface area contributed by atoms with E-state index >= 15 is 0 Å². The predicted molar refractivity (Wildman–Crippen MR) is 77.8 cm³/mol. The van der Waals surface area contributed by atoms with Gasteiger partial charge in [0.05, 0.1) is 4.90 Å². The van der Waals surface area contributed by atoms with Gasteiger partial charge in [0, 0.05) is 10.3 Å². The van der Waals surface area contributed by atoms with E-state index in [1.165, 1.54) is 17.3 Å². The van der Waals surface area contributed by atoms with Crippen molar-refractivity contribution < 1.29 is 4.42 Å². The van der Waals surface area contributed by atoms with Crippen molar-refractivity contribution in [3.8, 4) is 0 Å². The summed E-state index contributed by atoms with van der Waals surface area (Å²) in [4.78, 5) is 13.6. The summed E-state index contributed by atoms with van der Waals surface area (Å²) in [6.07, 6.45) is 0. The van der Waals surface area contributed by atoms with Gasteiger partial charge in [0.15, 0.2) is 0 Å². The summed E-state index contributed by atoms with van der Waals surface area (Å²) in [5.41, 5.74) is 1.54. The van der Waals surface area contributed by atoms with Gasteiger partial charge in [-0.15, -0.1) is 0 Å². The van der Waals surface area contributed by atoms with Crippen LogP contribution in [-0.2, 0) is 0 Å². The minimum Gasteiger partial charge on any atom is -0.422 e. The summed E-state index contributed by atoms with van der Waals surface area (Å²) in [7, 11) is 0. The number of para-hydroxylation sites is 1. The molecule has 19 heavy (non-hydrogen) atoms. The molecule has 0 radical (unpaired) electrons. The Balaban J connectivity index is 2.03. The lowest BCUT2D eigenvalue weighted by Gasteiger charge is -2.02. The third-order valence-electron chi connectivity index (χ3n) is 2.86. The maximum Gasteiger partial charge on any atom is 0.350 e. The van der Waals surface area contributed by atoms with Crippen molar-refractivity contribution in [2.45, 2.75) is 16.7 Å². The van der Waals surface area contributed by atoms with Gasteiger partial charge >= 0.3 is 5.63 Å². The summed E-state index contributed by atoms with van der Waals surface area (Å²) in [5.74, 6) is 0. The Bertz CT molecular complexity index is 773. The second kappa shape index (κ2) is 4.94. The zero-order chi connectivity index (χ0) is 13.2. The summed E-state index contributed by atoms with van der Waals surface area (Å²) in [5, 5.41) is 0.941. The molecule has 0 aliphatic heterocycles. The largest absolute Gasteiger partial charge is 0.422 e. The van der Waals surface area contributed by atoms with Crippen LogP contribution in [0.4, 0.5) is 0 Å². The molecule has 0 spiro atoms. The standard InChI is InChI=1S/C16H12O2S/c1-11-6-8-13(9-7-11)19-15-10-12-4-2-3-5-14(12)18-16(15)17/h2-10H,1H3. The molecule has 0 aliphatic rings. The van der Waals surface area contributed by atoms with E-state index in [2.05, 4.69) is 0 Å². The summed E-state index contributed by atoms with van der Waals surface area (Å²) in [6, 6.07) is 17.5. The molecule has 0 N–H and O–H groups in total. The minimum atomic E-state index is -0.288. The van der Waals surface area contributed by atoms with Crippen LogP contribution in [0.25, 0.3) is 11.0 Å². The van der Waals surface area contributed by atoms with Gasteiger partial charge in [-0.2, -0.15) is 0 Å². The lowest BCUT2D eigenvalue weighted by atomic mass is 10.2. The van der Waals surface area contributed by atoms with Gasteiger partial charge in [0.25, 0.3) is 0 Å². The third kappa shape index (κ3) is 2.56. The molecule has 1 heterocycles. The monoisotopic (exact) mass is 268 g/mol. The first kappa shape index (κ1) is 12.1. The maximum absolute atomic E-state index is 11.9. The van der Waals surface area contributed by atoms with Gasteiger partial charge in [-0.25, -0.2) is 4.79 Å². The van der Waals surface area contributed by atoms with E-state index in [-0.39, 0.29) is 5.63 Å². The van der Waals surface area contributed by atoms with Crippen LogP contribution in [0.3, 0.4) is 0 Å². The third-order valence-corrected chi connectivity index (χ3v) is 3.87. The Hall–Kier alpha value is -2.00. The van der Waals surface area contributed by atoms with Gasteiger partial charge in [0.1, 0.15) is 5.58 Å². The van der Waals surface area contributed by atoms with Crippen molar-refractivity contribution >= 4 is 22.7 Å². The minimum absolute atomic E-state index is 0.288. The SMILES string of the molecule is Cc1ccc(Sc2cc3ccccc3oc2=O)cc1. The predicted octanol–water partition coefficient (Wildman–Crippen LogP) is 4.25. The Labute approximate surface area is 115 Å². The highest BCUT2D eigenvalue weighted by Crippen LogP contribution is 2.27. The average Bonchev–Trinajstić information content (AvgIpc) is 2.42. The van der Waals surface area contributed by atoms with Crippen LogP contribution in [0, 0.1) is 6.92 Å². The Morgan fingerprint density at radius 2 is 1.74 bits per heavy atom. The molecule has 2 nitrogen and oxygen atoms in total. The highest BCUT2D eigenvalue weighted by Gasteiger charge is 2.06. The molecule has 0 fully saturated rings. The van der Waals surface area contributed by atoms with E-state index in [4.69, 9.17) is 4.42 Å². The maximum atomic E-state index is 11.9. The molecule has 0 saturated carbocycles. The lowest BCUT2D eigenvalue weighted by Crippen LogP contribution is -2.01. The van der Waals surface area contributed by atoms with E-state index < -0.39 is 0 Å². The number of aryl methyl sites for hydroxylation is 1. The van der Waals surface area contributed by atoms with Crippen LogP contribution < -0.4 is 5.63 Å². The van der Waals surface area contributed by atoms with Gasteiger partial charge < -0.3 is 4.42 Å². The van der Waals surface area contributed by atoms with Gasteiger partial charge in [-0.1, -0.05) is 47.7 Å². The van der Waals surface area contributed by atoms with Crippen LogP contribution >= 0.6 is 11.8 Å². The van der Waals surface area contributed by atoms with Crippen molar-refractivity contribution in [1.29, 1.82) is 0 Å². The topological polar surface area (TPSA) is 30.2 Å². The first-order valence-corrected chi connectivity index (χ1v) is 6.81. The number of rotatable bonds is 2. The van der Waals surface area contributed by atoms with Gasteiger partial charge in [-0.3, -0.25) is 0 Å². The molecule has 0 aliphatic carbocycles. The second-order valence-electron chi connectivity index (χ2n) is 4.35. The van der Waals surface area contributed by atoms with Crippen molar-refractivity contribution in [2.24, 2.45) is 0 Å². The number of benzene rings is 2. The van der Waals surface area contributed by atoms with E-state index in [0.29, 0.717) is 10.5 Å². The normalized spacial score (nSPS) is 10.8. The molecular weight excluding hydrogens is 256 g/mol. The Kier molecular flexibility index (Phi) is 3.13. The zero-order valence-electron chi connectivity index (χ0n) is 10.4. The molecule has 0 amide bonds. The van der Waals surface area contributed by atoms with Crippen LogP contribution in [0.2, 0.25) is 0 Å². The molecule has 3 rings (SSSR count). The Morgan fingerprint density at radius 3 is 2.53 bits per heavy atom. The Morgan fingerprint density at radius 1 is 1.00 bits per heavy atom. The molecule has 3 aromatic rings. The van der Waals surface area contributed by atoms with E-state index in [0.717, 1.165) is 10.3 Å². The molecule has 2 aromatic carbocycles. The first-order chi connectivity index (χ1) is 9.22. The number of fused-ring (bicyclic) bond motifs is 1. The summed E-state index contributed by atoms with van der Waals surface area (Å²) in [6.45, 7) is 2.04.